The Kier molecular flexibility index (Phi) is 11.9. The van der Waals surface area contributed by atoms with Crippen molar-refractivity contribution >= 4 is 29.5 Å². The highest BCUT2D eigenvalue weighted by atomic mass is 32.2. The van der Waals surface area contributed by atoms with E-state index < -0.39 is 5.97 Å². The van der Waals surface area contributed by atoms with Crippen LogP contribution in [0.1, 0.15) is 102 Å². The van der Waals surface area contributed by atoms with Crippen LogP contribution in [0.3, 0.4) is 0 Å². The Hall–Kier alpha value is -0.610. The quantitative estimate of drug-likeness (QED) is 0.289. The van der Waals surface area contributed by atoms with Crippen LogP contribution in [0.4, 0.5) is 0 Å². The van der Waals surface area contributed by atoms with Crippen LogP contribution in [0, 0.1) is 11.3 Å². The summed E-state index contributed by atoms with van der Waals surface area (Å²) in [5, 5.41) is 9.59. The van der Waals surface area contributed by atoms with Crippen LogP contribution < -0.4 is 0 Å². The number of rotatable bonds is 13. The molecule has 1 N–H and O–H groups in total. The summed E-state index contributed by atoms with van der Waals surface area (Å²) < 4.78 is 0. The topological polar surface area (TPSA) is 37.3 Å². The van der Waals surface area contributed by atoms with Crippen LogP contribution in [-0.2, 0) is 10.5 Å². The number of carboxylic acids is 1. The molecule has 2 saturated carbocycles. The lowest BCUT2D eigenvalue weighted by atomic mass is 9.70. The predicted molar refractivity (Wildman–Crippen MR) is 142 cm³/mol. The molecule has 1 aromatic rings. The minimum absolute atomic E-state index is 0.314. The third-order valence-electron chi connectivity index (χ3n) is 7.84. The summed E-state index contributed by atoms with van der Waals surface area (Å²) >= 11 is 4.30. The average molecular weight is 477 g/mol. The van der Waals surface area contributed by atoms with Crippen molar-refractivity contribution in [2.75, 3.05) is 11.5 Å². The molecule has 2 nitrogen and oxygen atoms in total. The molecule has 4 heteroatoms. The van der Waals surface area contributed by atoms with E-state index in [1.165, 1.54) is 87.7 Å². The molecule has 0 radical (unpaired) electrons. The fraction of sp³-hybridized carbons (Fsp3) is 0.750. The fourth-order valence-electron chi connectivity index (χ4n) is 5.93. The first kappa shape index (κ1) is 26.0. The zero-order valence-corrected chi connectivity index (χ0v) is 21.6. The molecule has 180 valence electrons. The van der Waals surface area contributed by atoms with Gasteiger partial charge in [-0.3, -0.25) is 4.79 Å². The standard InChI is InChI=1S/C28H44O2S2/c29-27(30)16-8-7-15-26(32-22-24-12-5-4-6-13-24)17-21-31-23-25-14-11-20-28(25)18-9-2-1-3-10-19-28/h4-6,12-13,25-26H,1-3,7-11,14-23H2,(H,29,30). The molecule has 0 aromatic heterocycles. The Morgan fingerprint density at radius 1 is 0.969 bits per heavy atom. The zero-order valence-electron chi connectivity index (χ0n) is 19.9. The average Bonchev–Trinajstić information content (AvgIpc) is 3.18. The number of unbranched alkanes of at least 4 members (excludes halogenated alkanes) is 1. The van der Waals surface area contributed by atoms with Crippen molar-refractivity contribution in [1.29, 1.82) is 0 Å². The summed E-state index contributed by atoms with van der Waals surface area (Å²) in [6.07, 6.45) is 19.3. The van der Waals surface area contributed by atoms with Gasteiger partial charge in [-0.2, -0.15) is 23.5 Å². The van der Waals surface area contributed by atoms with E-state index in [2.05, 4.69) is 53.9 Å². The van der Waals surface area contributed by atoms with Crippen molar-refractivity contribution in [1.82, 2.24) is 0 Å². The fourth-order valence-corrected chi connectivity index (χ4v) is 8.74. The van der Waals surface area contributed by atoms with E-state index in [1.54, 1.807) is 0 Å². The molecule has 2 atom stereocenters. The van der Waals surface area contributed by atoms with Crippen molar-refractivity contribution in [3.63, 3.8) is 0 Å². The van der Waals surface area contributed by atoms with Crippen LogP contribution >= 0.6 is 23.5 Å². The van der Waals surface area contributed by atoms with Gasteiger partial charge in [0.2, 0.25) is 0 Å². The molecule has 0 heterocycles. The molecule has 2 aliphatic rings. The number of carbonyl (C=O) groups is 1. The molecule has 3 rings (SSSR count). The van der Waals surface area contributed by atoms with E-state index in [1.807, 2.05) is 0 Å². The number of benzene rings is 1. The molecule has 1 spiro atoms. The van der Waals surface area contributed by atoms with Gasteiger partial charge in [-0.25, -0.2) is 0 Å². The minimum atomic E-state index is -0.659. The summed E-state index contributed by atoms with van der Waals surface area (Å²) in [5.41, 5.74) is 2.09. The third-order valence-corrected chi connectivity index (χ3v) is 10.4. The molecular formula is C28H44O2S2. The van der Waals surface area contributed by atoms with E-state index >= 15 is 0 Å². The molecule has 0 saturated heterocycles. The summed E-state index contributed by atoms with van der Waals surface area (Å²) in [4.78, 5) is 10.9. The summed E-state index contributed by atoms with van der Waals surface area (Å²) in [5.74, 6) is 4.00. The van der Waals surface area contributed by atoms with Gasteiger partial charge in [0.05, 0.1) is 0 Å². The molecular weight excluding hydrogens is 432 g/mol. The van der Waals surface area contributed by atoms with Gasteiger partial charge in [0.15, 0.2) is 0 Å². The number of thioether (sulfide) groups is 2. The normalized spacial score (nSPS) is 21.8. The first-order valence-corrected chi connectivity index (χ1v) is 15.3. The highest BCUT2D eigenvalue weighted by Gasteiger charge is 2.41. The molecule has 2 unspecified atom stereocenters. The van der Waals surface area contributed by atoms with Crippen LogP contribution in [0.25, 0.3) is 0 Å². The second-order valence-electron chi connectivity index (χ2n) is 10.1. The minimum Gasteiger partial charge on any atom is -0.481 e. The molecule has 1 aromatic carbocycles. The first-order valence-electron chi connectivity index (χ1n) is 13.1. The van der Waals surface area contributed by atoms with E-state index in [0.717, 1.165) is 30.9 Å². The Labute approximate surface area is 205 Å². The highest BCUT2D eigenvalue weighted by molar-refractivity contribution is 8.00. The Morgan fingerprint density at radius 2 is 1.69 bits per heavy atom. The molecule has 32 heavy (non-hydrogen) atoms. The number of hydrogen-bond donors (Lipinski definition) is 1. The van der Waals surface area contributed by atoms with Crippen LogP contribution in [0.2, 0.25) is 0 Å². The lowest BCUT2D eigenvalue weighted by Crippen LogP contribution is -2.28. The Morgan fingerprint density at radius 3 is 2.44 bits per heavy atom. The van der Waals surface area contributed by atoms with Gasteiger partial charge >= 0.3 is 5.97 Å². The second kappa shape index (κ2) is 14.6. The molecule has 2 aliphatic carbocycles. The number of hydrogen-bond acceptors (Lipinski definition) is 3. The summed E-state index contributed by atoms with van der Waals surface area (Å²) in [6, 6.07) is 10.8. The van der Waals surface area contributed by atoms with Gasteiger partial charge in [0.25, 0.3) is 0 Å². The highest BCUT2D eigenvalue weighted by Crippen LogP contribution is 2.52. The Balaban J connectivity index is 1.42. The van der Waals surface area contributed by atoms with Crippen molar-refractivity contribution in [3.05, 3.63) is 35.9 Å². The maximum Gasteiger partial charge on any atom is 0.303 e. The molecule has 0 amide bonds. The lowest BCUT2D eigenvalue weighted by molar-refractivity contribution is -0.137. The van der Waals surface area contributed by atoms with Gasteiger partial charge in [-0.15, -0.1) is 0 Å². The number of aliphatic carboxylic acids is 1. The predicted octanol–water partition coefficient (Wildman–Crippen LogP) is 8.59. The van der Waals surface area contributed by atoms with Crippen LogP contribution in [0.5, 0.6) is 0 Å². The summed E-state index contributed by atoms with van der Waals surface area (Å²) in [7, 11) is 0. The molecule has 0 aliphatic heterocycles. The van der Waals surface area contributed by atoms with Crippen molar-refractivity contribution in [3.8, 4) is 0 Å². The lowest BCUT2D eigenvalue weighted by Gasteiger charge is -2.37. The smallest absolute Gasteiger partial charge is 0.303 e. The van der Waals surface area contributed by atoms with Gasteiger partial charge in [0, 0.05) is 17.4 Å². The van der Waals surface area contributed by atoms with Crippen molar-refractivity contribution in [2.24, 2.45) is 11.3 Å². The maximum absolute atomic E-state index is 10.9. The third kappa shape index (κ3) is 8.97. The number of carboxylic acid groups (broad SMARTS) is 1. The van der Waals surface area contributed by atoms with E-state index in [-0.39, 0.29) is 0 Å². The first-order chi connectivity index (χ1) is 15.7. The summed E-state index contributed by atoms with van der Waals surface area (Å²) in [6.45, 7) is 0. The van der Waals surface area contributed by atoms with Gasteiger partial charge < -0.3 is 5.11 Å². The van der Waals surface area contributed by atoms with Crippen molar-refractivity contribution in [2.45, 2.75) is 107 Å². The van der Waals surface area contributed by atoms with E-state index in [0.29, 0.717) is 17.1 Å². The van der Waals surface area contributed by atoms with Crippen molar-refractivity contribution < 1.29 is 9.90 Å². The second-order valence-corrected chi connectivity index (χ2v) is 12.6. The Bertz CT molecular complexity index is 640. The zero-order chi connectivity index (χ0) is 22.5. The van der Waals surface area contributed by atoms with Gasteiger partial charge in [-0.05, 0) is 73.3 Å². The molecule has 0 bridgehead atoms. The van der Waals surface area contributed by atoms with E-state index in [9.17, 15) is 4.79 Å². The SMILES string of the molecule is O=C(O)CCCCC(CCSCC1CCCC12CCCCCCC2)SCc1ccccc1. The molecule has 2 fully saturated rings. The van der Waals surface area contributed by atoms with Gasteiger partial charge in [-0.1, -0.05) is 75.3 Å². The van der Waals surface area contributed by atoms with Crippen LogP contribution in [0.15, 0.2) is 30.3 Å². The van der Waals surface area contributed by atoms with Crippen LogP contribution in [-0.4, -0.2) is 27.8 Å². The van der Waals surface area contributed by atoms with Gasteiger partial charge in [0.1, 0.15) is 0 Å². The largest absolute Gasteiger partial charge is 0.481 e. The monoisotopic (exact) mass is 476 g/mol. The van der Waals surface area contributed by atoms with E-state index in [4.69, 9.17) is 5.11 Å². The maximum atomic E-state index is 10.9.